The smallest absolute Gasteiger partial charge is 0.326 e. The number of carbonyl (C=O) groups excluding carboxylic acids is 1. The number of nitrogens with one attached hydrogen (secondary N) is 1. The van der Waals surface area contributed by atoms with E-state index in [9.17, 15) is 4.79 Å². The van der Waals surface area contributed by atoms with Crippen LogP contribution in [0.25, 0.3) is 0 Å². The van der Waals surface area contributed by atoms with Gasteiger partial charge in [-0.05, 0) is 44.3 Å². The second-order valence-corrected chi connectivity index (χ2v) is 6.51. The average molecular weight is 347 g/mol. The van der Waals surface area contributed by atoms with Crippen LogP contribution >= 0.6 is 0 Å². The molecule has 0 bridgehead atoms. The molecular formula is C19H32BN2O3. The predicted molar refractivity (Wildman–Crippen MR) is 102 cm³/mol. The van der Waals surface area contributed by atoms with Crippen molar-refractivity contribution in [3.8, 4) is 0 Å². The summed E-state index contributed by atoms with van der Waals surface area (Å²) in [6, 6.07) is 9.64. The van der Waals surface area contributed by atoms with E-state index in [0.717, 1.165) is 37.8 Å². The Bertz CT molecular complexity index is 485. The van der Waals surface area contributed by atoms with Gasteiger partial charge in [0.15, 0.2) is 0 Å². The minimum Gasteiger partial charge on any atom is -0.459 e. The average Bonchev–Trinajstić information content (AvgIpc) is 3.03. The minimum atomic E-state index is -0.857. The second-order valence-electron chi connectivity index (χ2n) is 6.51. The largest absolute Gasteiger partial charge is 0.459 e. The van der Waals surface area contributed by atoms with Crippen molar-refractivity contribution in [2.45, 2.75) is 57.5 Å². The van der Waals surface area contributed by atoms with Crippen molar-refractivity contribution in [3.05, 3.63) is 35.9 Å². The van der Waals surface area contributed by atoms with E-state index in [2.05, 4.69) is 12.2 Å². The monoisotopic (exact) mass is 347 g/mol. The molecule has 1 saturated carbocycles. The summed E-state index contributed by atoms with van der Waals surface area (Å²) in [4.78, 5) is 12.4. The summed E-state index contributed by atoms with van der Waals surface area (Å²) >= 11 is 0. The van der Waals surface area contributed by atoms with Gasteiger partial charge in [-0.15, -0.1) is 0 Å². The molecule has 0 saturated heterocycles. The zero-order chi connectivity index (χ0) is 18.5. The van der Waals surface area contributed by atoms with Gasteiger partial charge >= 0.3 is 5.97 Å². The molecule has 0 heterocycles. The Labute approximate surface area is 152 Å². The van der Waals surface area contributed by atoms with Crippen molar-refractivity contribution in [2.75, 3.05) is 13.6 Å². The molecule has 0 aromatic heterocycles. The number of nitrogens with two attached hydrogens (primary N) is 1. The van der Waals surface area contributed by atoms with Crippen molar-refractivity contribution in [3.63, 3.8) is 0 Å². The Morgan fingerprint density at radius 2 is 2.12 bits per heavy atom. The molecule has 1 aromatic carbocycles. The van der Waals surface area contributed by atoms with E-state index in [-0.39, 0.29) is 18.5 Å². The third kappa shape index (κ3) is 7.18. The van der Waals surface area contributed by atoms with Crippen LogP contribution in [0.2, 0.25) is 6.32 Å². The maximum Gasteiger partial charge on any atom is 0.326 e. The van der Waals surface area contributed by atoms with Crippen LogP contribution in [-0.4, -0.2) is 37.6 Å². The first-order chi connectivity index (χ1) is 12.1. The van der Waals surface area contributed by atoms with Gasteiger partial charge in [0.25, 0.3) is 7.48 Å². The van der Waals surface area contributed by atoms with E-state index in [1.165, 1.54) is 7.48 Å². The fourth-order valence-electron chi connectivity index (χ4n) is 3.09. The molecule has 5 nitrogen and oxygen atoms in total. The maximum absolute atomic E-state index is 12.4. The van der Waals surface area contributed by atoms with E-state index in [4.69, 9.17) is 15.5 Å². The summed E-state index contributed by atoms with van der Waals surface area (Å²) in [6.07, 6.45) is 4.96. The van der Waals surface area contributed by atoms with Crippen molar-refractivity contribution in [1.82, 2.24) is 5.32 Å². The van der Waals surface area contributed by atoms with Gasteiger partial charge in [0.05, 0.1) is 0 Å². The highest BCUT2D eigenvalue weighted by molar-refractivity contribution is 6.25. The zero-order valence-electron chi connectivity index (χ0n) is 15.5. The van der Waals surface area contributed by atoms with Gasteiger partial charge in [-0.2, -0.15) is 0 Å². The Balaban J connectivity index is 0.000000705. The highest BCUT2D eigenvalue weighted by Gasteiger charge is 2.46. The van der Waals surface area contributed by atoms with Gasteiger partial charge in [0, 0.05) is 0 Å². The molecule has 1 aliphatic carbocycles. The molecule has 1 aliphatic rings. The Hall–Kier alpha value is -1.37. The Morgan fingerprint density at radius 1 is 1.44 bits per heavy atom. The van der Waals surface area contributed by atoms with Gasteiger partial charge in [-0.25, -0.2) is 0 Å². The quantitative estimate of drug-likeness (QED) is 0.382. The van der Waals surface area contributed by atoms with E-state index < -0.39 is 5.54 Å². The molecule has 1 radical (unpaired) electrons. The highest BCUT2D eigenvalue weighted by atomic mass is 16.5. The van der Waals surface area contributed by atoms with Crippen molar-refractivity contribution >= 4 is 13.5 Å². The van der Waals surface area contributed by atoms with Gasteiger partial charge in [-0.1, -0.05) is 56.4 Å². The third-order valence-electron chi connectivity index (χ3n) is 4.70. The molecule has 2 atom stereocenters. The standard InChI is InChI=1S/C16H23BNO3.C3H9N/c18-16(10-4-8-14(16)9-5-11-17-20)15(19)21-12-13-6-2-1-3-7-13;1-3-4-2/h1-3,6-7,14,20H,4-5,8-12,18H2;4H,3H2,1-2H3. The molecule has 1 fully saturated rings. The van der Waals surface area contributed by atoms with Crippen molar-refractivity contribution in [2.24, 2.45) is 11.7 Å². The molecule has 25 heavy (non-hydrogen) atoms. The summed E-state index contributed by atoms with van der Waals surface area (Å²) in [6.45, 7) is 3.41. The van der Waals surface area contributed by atoms with Crippen LogP contribution in [0.3, 0.4) is 0 Å². The molecule has 6 heteroatoms. The molecule has 0 spiro atoms. The molecule has 4 N–H and O–H groups in total. The first-order valence-corrected chi connectivity index (χ1v) is 9.19. The van der Waals surface area contributed by atoms with Crippen LogP contribution in [0.1, 0.15) is 44.6 Å². The van der Waals surface area contributed by atoms with Gasteiger partial charge in [0.2, 0.25) is 0 Å². The molecule has 0 aliphatic heterocycles. The van der Waals surface area contributed by atoms with Crippen LogP contribution in [-0.2, 0) is 16.1 Å². The lowest BCUT2D eigenvalue weighted by atomic mass is 9.81. The second kappa shape index (κ2) is 12.1. The molecule has 139 valence electrons. The molecule has 2 unspecified atom stereocenters. The van der Waals surface area contributed by atoms with E-state index in [1.807, 2.05) is 37.4 Å². The number of ether oxygens (including phenoxy) is 1. The molecular weight excluding hydrogens is 315 g/mol. The number of hydrogen-bond donors (Lipinski definition) is 3. The van der Waals surface area contributed by atoms with Gasteiger partial charge in [-0.3, -0.25) is 4.79 Å². The van der Waals surface area contributed by atoms with Gasteiger partial charge < -0.3 is 20.8 Å². The van der Waals surface area contributed by atoms with Crippen LogP contribution in [0.4, 0.5) is 0 Å². The predicted octanol–water partition coefficient (Wildman–Crippen LogP) is 2.26. The molecule has 2 rings (SSSR count). The number of rotatable bonds is 8. The SMILES string of the molecule is CCNC.NC1(C(=O)OCc2ccccc2)CCCC1CCC[B]O. The van der Waals surface area contributed by atoms with Crippen LogP contribution in [0.5, 0.6) is 0 Å². The fourth-order valence-corrected chi connectivity index (χ4v) is 3.09. The van der Waals surface area contributed by atoms with E-state index >= 15 is 0 Å². The van der Waals surface area contributed by atoms with E-state index in [1.54, 1.807) is 0 Å². The number of hydrogen-bond acceptors (Lipinski definition) is 5. The van der Waals surface area contributed by atoms with Crippen molar-refractivity contribution < 1.29 is 14.6 Å². The summed E-state index contributed by atoms with van der Waals surface area (Å²) in [5, 5.41) is 11.7. The van der Waals surface area contributed by atoms with Crippen LogP contribution in [0, 0.1) is 5.92 Å². The van der Waals surface area contributed by atoms with Crippen molar-refractivity contribution in [1.29, 1.82) is 0 Å². The lowest BCUT2D eigenvalue weighted by Gasteiger charge is -2.29. The molecule has 0 amide bonds. The topological polar surface area (TPSA) is 84.6 Å². The molecule has 1 aromatic rings. The fraction of sp³-hybridized carbons (Fsp3) is 0.632. The lowest BCUT2D eigenvalue weighted by molar-refractivity contribution is -0.153. The normalized spacial score (nSPS) is 22.0. The summed E-state index contributed by atoms with van der Waals surface area (Å²) in [7, 11) is 3.10. The Kier molecular flexibility index (Phi) is 10.5. The number of benzene rings is 1. The summed E-state index contributed by atoms with van der Waals surface area (Å²) < 4.78 is 5.43. The first kappa shape index (κ1) is 21.7. The highest BCUT2D eigenvalue weighted by Crippen LogP contribution is 2.38. The summed E-state index contributed by atoms with van der Waals surface area (Å²) in [5.41, 5.74) is 6.46. The first-order valence-electron chi connectivity index (χ1n) is 9.19. The maximum atomic E-state index is 12.4. The number of carbonyl (C=O) groups is 1. The van der Waals surface area contributed by atoms with Crippen LogP contribution in [0.15, 0.2) is 30.3 Å². The van der Waals surface area contributed by atoms with Gasteiger partial charge in [0.1, 0.15) is 12.1 Å². The minimum absolute atomic E-state index is 0.153. The Morgan fingerprint density at radius 3 is 2.72 bits per heavy atom. The number of esters is 1. The lowest BCUT2D eigenvalue weighted by Crippen LogP contribution is -2.51. The zero-order valence-corrected chi connectivity index (χ0v) is 15.5. The van der Waals surface area contributed by atoms with E-state index in [0.29, 0.717) is 12.7 Å². The summed E-state index contributed by atoms with van der Waals surface area (Å²) in [5.74, 6) is -0.137. The van der Waals surface area contributed by atoms with Crippen LogP contribution < -0.4 is 11.1 Å². The third-order valence-corrected chi connectivity index (χ3v) is 4.70.